The van der Waals surface area contributed by atoms with Crippen molar-refractivity contribution in [2.24, 2.45) is 0 Å². The second kappa shape index (κ2) is 18.3. The van der Waals surface area contributed by atoms with Gasteiger partial charge in [0.1, 0.15) is 6.10 Å². The van der Waals surface area contributed by atoms with Gasteiger partial charge in [0.25, 0.3) is 0 Å². The third-order valence-electron chi connectivity index (χ3n) is 7.13. The van der Waals surface area contributed by atoms with Crippen LogP contribution < -0.4 is 0 Å². The molecule has 0 aromatic heterocycles. The minimum Gasteiger partial charge on any atom is -0.456 e. The van der Waals surface area contributed by atoms with Crippen LogP contribution in [-0.4, -0.2) is 143 Å². The lowest BCUT2D eigenvalue weighted by Crippen LogP contribution is -2.65. The van der Waals surface area contributed by atoms with E-state index in [4.69, 9.17) is 61.6 Å². The molecule has 3 aliphatic rings. The number of carbonyl (C=O) groups is 7. The summed E-state index contributed by atoms with van der Waals surface area (Å²) in [5.74, 6) is -5.61. The van der Waals surface area contributed by atoms with Crippen molar-refractivity contribution in [3.8, 4) is 0 Å². The van der Waals surface area contributed by atoms with Crippen molar-refractivity contribution in [1.82, 2.24) is 0 Å². The second-order valence-corrected chi connectivity index (χ2v) is 11.3. The van der Waals surface area contributed by atoms with Gasteiger partial charge in [0.15, 0.2) is 67.7 Å². The molecule has 0 aliphatic carbocycles. The van der Waals surface area contributed by atoms with Crippen LogP contribution in [0.1, 0.15) is 48.5 Å². The van der Waals surface area contributed by atoms with Gasteiger partial charge in [-0.05, 0) is 0 Å². The molecule has 282 valence electrons. The van der Waals surface area contributed by atoms with Crippen LogP contribution in [-0.2, 0) is 95.1 Å². The highest BCUT2D eigenvalue weighted by Crippen LogP contribution is 2.34. The van der Waals surface area contributed by atoms with Crippen LogP contribution in [0.5, 0.6) is 0 Å². The molecule has 3 aliphatic heterocycles. The van der Waals surface area contributed by atoms with Crippen LogP contribution >= 0.6 is 0 Å². The molecule has 0 N–H and O–H groups in total. The van der Waals surface area contributed by atoms with E-state index >= 15 is 0 Å². The molecule has 3 saturated heterocycles. The highest BCUT2D eigenvalue weighted by atomic mass is 16.8. The summed E-state index contributed by atoms with van der Waals surface area (Å²) in [7, 11) is 1.28. The summed E-state index contributed by atoms with van der Waals surface area (Å²) in [6.07, 6.45) is -17.0. The number of methoxy groups -OCH3 is 1. The molecule has 0 amide bonds. The first-order valence-electron chi connectivity index (χ1n) is 15.4. The average Bonchev–Trinajstić information content (AvgIpc) is 2.98. The second-order valence-electron chi connectivity index (χ2n) is 11.3. The van der Waals surface area contributed by atoms with E-state index in [1.165, 1.54) is 7.11 Å². The Labute approximate surface area is 286 Å². The molecule has 3 heterocycles. The number of rotatable bonds is 12. The molecule has 0 aromatic rings. The molecule has 20 heteroatoms. The lowest BCUT2D eigenvalue weighted by Gasteiger charge is -2.47. The highest BCUT2D eigenvalue weighted by Gasteiger charge is 2.55. The highest BCUT2D eigenvalue weighted by molar-refractivity contribution is 5.69. The van der Waals surface area contributed by atoms with Crippen molar-refractivity contribution < 1.29 is 95.1 Å². The predicted molar refractivity (Wildman–Crippen MR) is 155 cm³/mol. The summed E-state index contributed by atoms with van der Waals surface area (Å²) < 4.78 is 72.8. The molecule has 0 aromatic carbocycles. The van der Waals surface area contributed by atoms with Crippen molar-refractivity contribution in [3.05, 3.63) is 0 Å². The standard InChI is InChI=1S/C30H42O20/c1-12(31)42-19-10-41-30(26(48-18(7)37)22(19)44-14(3)33)50-27-23(45-15(4)34)20(43-13(2)32)9-40-29(27)49-21-11-39-28(38-8)25(47-17(6)36)24(21)46-16(5)35/h19-30H,9-11H2,1-8H3. The molecule has 12 unspecified atom stereocenters. The fraction of sp³-hybridized carbons (Fsp3) is 0.767. The Kier molecular flexibility index (Phi) is 14.8. The van der Waals surface area contributed by atoms with Crippen LogP contribution in [0.4, 0.5) is 0 Å². The number of carbonyl (C=O) groups excluding carboxylic acids is 7. The van der Waals surface area contributed by atoms with Crippen LogP contribution in [0.25, 0.3) is 0 Å². The number of ether oxygens (including phenoxy) is 13. The molecule has 0 spiro atoms. The summed E-state index contributed by atoms with van der Waals surface area (Å²) >= 11 is 0. The normalized spacial score (nSPS) is 33.9. The lowest BCUT2D eigenvalue weighted by molar-refractivity contribution is -0.363. The van der Waals surface area contributed by atoms with Crippen molar-refractivity contribution >= 4 is 41.8 Å². The first kappa shape index (κ1) is 40.5. The van der Waals surface area contributed by atoms with E-state index in [1.807, 2.05) is 0 Å². The van der Waals surface area contributed by atoms with E-state index in [2.05, 4.69) is 0 Å². The zero-order valence-corrected chi connectivity index (χ0v) is 28.7. The van der Waals surface area contributed by atoms with Crippen molar-refractivity contribution in [2.75, 3.05) is 26.9 Å². The average molecular weight is 723 g/mol. The lowest BCUT2D eigenvalue weighted by atomic mass is 10.0. The van der Waals surface area contributed by atoms with Crippen LogP contribution in [0.15, 0.2) is 0 Å². The largest absolute Gasteiger partial charge is 0.456 e. The van der Waals surface area contributed by atoms with Crippen molar-refractivity contribution in [2.45, 2.75) is 122 Å². The Bertz CT molecular complexity index is 1250. The minimum atomic E-state index is -1.65. The minimum absolute atomic E-state index is 0.318. The van der Waals surface area contributed by atoms with Gasteiger partial charge in [-0.15, -0.1) is 0 Å². The Hall–Kier alpha value is -3.95. The summed E-state index contributed by atoms with van der Waals surface area (Å²) in [5.41, 5.74) is 0. The number of hydrogen-bond donors (Lipinski definition) is 0. The maximum absolute atomic E-state index is 12.3. The summed E-state index contributed by atoms with van der Waals surface area (Å²) in [6.45, 7) is 6.48. The first-order valence-corrected chi connectivity index (χ1v) is 15.4. The Morgan fingerprint density at radius 3 is 1.08 bits per heavy atom. The van der Waals surface area contributed by atoms with Gasteiger partial charge in [0, 0.05) is 55.6 Å². The smallest absolute Gasteiger partial charge is 0.303 e. The third kappa shape index (κ3) is 11.3. The SMILES string of the molecule is COC1OCC(OC2OCC(OC(C)=O)C(OC(C)=O)C2OC2OCC(OC(C)=O)C(OC(C)=O)C2OC(C)=O)C(OC(C)=O)C1OC(C)=O. The van der Waals surface area contributed by atoms with E-state index in [0.29, 0.717) is 0 Å². The maximum atomic E-state index is 12.3. The van der Waals surface area contributed by atoms with Crippen molar-refractivity contribution in [1.29, 1.82) is 0 Å². The molecule has 0 saturated carbocycles. The number of esters is 7. The van der Waals surface area contributed by atoms with Gasteiger partial charge in [0.05, 0.1) is 19.8 Å². The van der Waals surface area contributed by atoms with Crippen LogP contribution in [0, 0.1) is 0 Å². The van der Waals surface area contributed by atoms with E-state index in [9.17, 15) is 33.6 Å². The number of hydrogen-bond acceptors (Lipinski definition) is 20. The zero-order chi connectivity index (χ0) is 37.3. The fourth-order valence-electron chi connectivity index (χ4n) is 5.52. The molecule has 3 rings (SSSR count). The predicted octanol–water partition coefficient (Wildman–Crippen LogP) is -1.01. The Morgan fingerprint density at radius 1 is 0.380 bits per heavy atom. The topological polar surface area (TPSA) is 239 Å². The molecular formula is C30H42O20. The maximum Gasteiger partial charge on any atom is 0.303 e. The molecule has 12 atom stereocenters. The van der Waals surface area contributed by atoms with Crippen LogP contribution in [0.3, 0.4) is 0 Å². The molecule has 3 fully saturated rings. The van der Waals surface area contributed by atoms with Crippen LogP contribution in [0.2, 0.25) is 0 Å². The van der Waals surface area contributed by atoms with E-state index in [1.54, 1.807) is 0 Å². The molecule has 50 heavy (non-hydrogen) atoms. The van der Waals surface area contributed by atoms with Gasteiger partial charge in [-0.2, -0.15) is 0 Å². The van der Waals surface area contributed by atoms with Gasteiger partial charge in [0.2, 0.25) is 0 Å². The third-order valence-corrected chi connectivity index (χ3v) is 7.13. The summed E-state index contributed by atoms with van der Waals surface area (Å²) in [5, 5.41) is 0. The van der Waals surface area contributed by atoms with Gasteiger partial charge in [-0.25, -0.2) is 0 Å². The molecule has 20 nitrogen and oxygen atoms in total. The van der Waals surface area contributed by atoms with E-state index in [-0.39, 0.29) is 6.61 Å². The molecular weight excluding hydrogens is 680 g/mol. The van der Waals surface area contributed by atoms with Crippen molar-refractivity contribution in [3.63, 3.8) is 0 Å². The van der Waals surface area contributed by atoms with E-state index < -0.39 is 129 Å². The Balaban J connectivity index is 2.06. The summed E-state index contributed by atoms with van der Waals surface area (Å²) in [6, 6.07) is 0. The zero-order valence-electron chi connectivity index (χ0n) is 28.7. The Morgan fingerprint density at radius 2 is 0.680 bits per heavy atom. The quantitative estimate of drug-likeness (QED) is 0.173. The van der Waals surface area contributed by atoms with Gasteiger partial charge in [-0.1, -0.05) is 0 Å². The van der Waals surface area contributed by atoms with Gasteiger partial charge in [-0.3, -0.25) is 33.6 Å². The molecule has 0 radical (unpaired) electrons. The first-order chi connectivity index (χ1) is 23.5. The van der Waals surface area contributed by atoms with Gasteiger partial charge >= 0.3 is 41.8 Å². The molecule has 0 bridgehead atoms. The monoisotopic (exact) mass is 722 g/mol. The van der Waals surface area contributed by atoms with Gasteiger partial charge < -0.3 is 61.6 Å². The summed E-state index contributed by atoms with van der Waals surface area (Å²) in [4.78, 5) is 84.7. The fourth-order valence-corrected chi connectivity index (χ4v) is 5.52. The van der Waals surface area contributed by atoms with E-state index in [0.717, 1.165) is 48.5 Å².